The molecule has 0 unspecified atom stereocenters. The minimum Gasteiger partial charge on any atom is -0.478 e. The van der Waals surface area contributed by atoms with Crippen molar-refractivity contribution in [3.63, 3.8) is 0 Å². The summed E-state index contributed by atoms with van der Waals surface area (Å²) in [6.45, 7) is 6.02. The number of carboxylic acid groups (broad SMARTS) is 1. The first-order chi connectivity index (χ1) is 8.46. The van der Waals surface area contributed by atoms with Crippen molar-refractivity contribution in [2.75, 3.05) is 6.54 Å². The number of carboxylic acids is 1. The SMILES string of the molecule is CC(C)C1(CNCc2c(C(=O)O)cnn2C)CC1. The van der Waals surface area contributed by atoms with Gasteiger partial charge in [0, 0.05) is 20.1 Å². The average Bonchev–Trinajstić information content (AvgIpc) is 2.99. The van der Waals surface area contributed by atoms with Gasteiger partial charge < -0.3 is 10.4 Å². The zero-order valence-corrected chi connectivity index (χ0v) is 11.2. The second-order valence-corrected chi connectivity index (χ2v) is 5.55. The normalized spacial score (nSPS) is 17.1. The van der Waals surface area contributed by atoms with Gasteiger partial charge in [0.25, 0.3) is 0 Å². The standard InChI is InChI=1S/C13H21N3O2/c1-9(2)13(4-5-13)8-14-7-11-10(12(17)18)6-15-16(11)3/h6,9,14H,4-5,7-8H2,1-3H3,(H,17,18). The highest BCUT2D eigenvalue weighted by atomic mass is 16.4. The molecule has 5 nitrogen and oxygen atoms in total. The van der Waals surface area contributed by atoms with E-state index in [0.717, 1.165) is 12.2 Å². The summed E-state index contributed by atoms with van der Waals surface area (Å²) in [5.41, 5.74) is 1.46. The van der Waals surface area contributed by atoms with E-state index >= 15 is 0 Å². The smallest absolute Gasteiger partial charge is 0.339 e. The Hall–Kier alpha value is -1.36. The van der Waals surface area contributed by atoms with Crippen molar-refractivity contribution < 1.29 is 9.90 Å². The van der Waals surface area contributed by atoms with Crippen LogP contribution in [0.3, 0.4) is 0 Å². The highest BCUT2D eigenvalue weighted by Gasteiger charge is 2.44. The summed E-state index contributed by atoms with van der Waals surface area (Å²) in [4.78, 5) is 11.0. The van der Waals surface area contributed by atoms with E-state index < -0.39 is 5.97 Å². The minimum absolute atomic E-state index is 0.291. The summed E-state index contributed by atoms with van der Waals surface area (Å²) in [6, 6.07) is 0. The molecule has 1 aliphatic rings. The maximum Gasteiger partial charge on any atom is 0.339 e. The number of rotatable bonds is 6. The third-order valence-electron chi connectivity index (χ3n) is 4.18. The van der Waals surface area contributed by atoms with Crippen LogP contribution in [0.1, 0.15) is 42.7 Å². The van der Waals surface area contributed by atoms with Crippen LogP contribution >= 0.6 is 0 Å². The summed E-state index contributed by atoms with van der Waals surface area (Å²) in [6.07, 6.45) is 3.96. The number of hydrogen-bond acceptors (Lipinski definition) is 3. The summed E-state index contributed by atoms with van der Waals surface area (Å²) >= 11 is 0. The monoisotopic (exact) mass is 251 g/mol. The van der Waals surface area contributed by atoms with Crippen molar-refractivity contribution in [2.45, 2.75) is 33.2 Å². The summed E-state index contributed by atoms with van der Waals surface area (Å²) in [7, 11) is 1.78. The Morgan fingerprint density at radius 3 is 2.78 bits per heavy atom. The maximum absolute atomic E-state index is 11.0. The van der Waals surface area contributed by atoms with Gasteiger partial charge in [0.2, 0.25) is 0 Å². The Labute approximate surface area is 107 Å². The number of carbonyl (C=O) groups is 1. The molecule has 1 aromatic heterocycles. The second kappa shape index (κ2) is 4.72. The fourth-order valence-electron chi connectivity index (χ4n) is 2.40. The van der Waals surface area contributed by atoms with Gasteiger partial charge in [0.15, 0.2) is 0 Å². The van der Waals surface area contributed by atoms with Crippen molar-refractivity contribution >= 4 is 5.97 Å². The zero-order valence-electron chi connectivity index (χ0n) is 11.2. The predicted molar refractivity (Wildman–Crippen MR) is 68.4 cm³/mol. The molecule has 100 valence electrons. The molecule has 2 N–H and O–H groups in total. The molecule has 0 atom stereocenters. The van der Waals surface area contributed by atoms with Crippen LogP contribution in [0, 0.1) is 11.3 Å². The van der Waals surface area contributed by atoms with Crippen LogP contribution in [0.15, 0.2) is 6.20 Å². The van der Waals surface area contributed by atoms with Gasteiger partial charge in [-0.15, -0.1) is 0 Å². The van der Waals surface area contributed by atoms with E-state index in [1.807, 2.05) is 0 Å². The highest BCUT2D eigenvalue weighted by Crippen LogP contribution is 2.51. The lowest BCUT2D eigenvalue weighted by molar-refractivity contribution is 0.0695. The minimum atomic E-state index is -0.912. The van der Waals surface area contributed by atoms with Crippen LogP contribution in [-0.4, -0.2) is 27.4 Å². The Morgan fingerprint density at radius 1 is 1.61 bits per heavy atom. The van der Waals surface area contributed by atoms with Crippen LogP contribution in [0.4, 0.5) is 0 Å². The molecule has 0 amide bonds. The molecule has 0 radical (unpaired) electrons. The van der Waals surface area contributed by atoms with Gasteiger partial charge in [-0.3, -0.25) is 4.68 Å². The third kappa shape index (κ3) is 2.41. The number of nitrogens with one attached hydrogen (secondary N) is 1. The number of aromatic nitrogens is 2. The molecule has 0 bridgehead atoms. The van der Waals surface area contributed by atoms with Gasteiger partial charge in [0.05, 0.1) is 11.9 Å². The summed E-state index contributed by atoms with van der Waals surface area (Å²) in [5.74, 6) is -0.236. The Kier molecular flexibility index (Phi) is 3.43. The van der Waals surface area contributed by atoms with E-state index in [4.69, 9.17) is 5.11 Å². The number of hydrogen-bond donors (Lipinski definition) is 2. The fraction of sp³-hybridized carbons (Fsp3) is 0.692. The van der Waals surface area contributed by atoms with Crippen LogP contribution < -0.4 is 5.32 Å². The van der Waals surface area contributed by atoms with E-state index in [-0.39, 0.29) is 0 Å². The van der Waals surface area contributed by atoms with Crippen molar-refractivity contribution in [1.29, 1.82) is 0 Å². The molecule has 1 saturated carbocycles. The van der Waals surface area contributed by atoms with Crippen LogP contribution in [0.2, 0.25) is 0 Å². The van der Waals surface area contributed by atoms with Crippen molar-refractivity contribution in [2.24, 2.45) is 18.4 Å². The Balaban J connectivity index is 1.95. The fourth-order valence-corrected chi connectivity index (χ4v) is 2.40. The third-order valence-corrected chi connectivity index (χ3v) is 4.18. The molecular formula is C13H21N3O2. The summed E-state index contributed by atoms with van der Waals surface area (Å²) in [5, 5.41) is 16.4. The van der Waals surface area contributed by atoms with Crippen LogP contribution in [-0.2, 0) is 13.6 Å². The van der Waals surface area contributed by atoms with Gasteiger partial charge in [0.1, 0.15) is 5.56 Å². The van der Waals surface area contributed by atoms with Crippen molar-refractivity contribution in [1.82, 2.24) is 15.1 Å². The van der Waals surface area contributed by atoms with Gasteiger partial charge in [-0.05, 0) is 24.2 Å². The molecule has 0 spiro atoms. The molecule has 0 aromatic carbocycles. The quantitative estimate of drug-likeness (QED) is 0.806. The molecule has 1 heterocycles. The van der Waals surface area contributed by atoms with Crippen LogP contribution in [0.5, 0.6) is 0 Å². The molecule has 1 aliphatic carbocycles. The highest BCUT2D eigenvalue weighted by molar-refractivity contribution is 5.88. The average molecular weight is 251 g/mol. The molecule has 0 saturated heterocycles. The molecule has 1 fully saturated rings. The maximum atomic E-state index is 11.0. The van der Waals surface area contributed by atoms with E-state index in [1.54, 1.807) is 11.7 Å². The number of aryl methyl sites for hydroxylation is 1. The molecule has 5 heteroatoms. The first-order valence-electron chi connectivity index (χ1n) is 6.41. The summed E-state index contributed by atoms with van der Waals surface area (Å²) < 4.78 is 1.63. The van der Waals surface area contributed by atoms with E-state index in [2.05, 4.69) is 24.3 Å². The number of aromatic carboxylic acids is 1. The first kappa shape index (κ1) is 13.1. The second-order valence-electron chi connectivity index (χ2n) is 5.55. The topological polar surface area (TPSA) is 67.2 Å². The van der Waals surface area contributed by atoms with Gasteiger partial charge in [-0.1, -0.05) is 13.8 Å². The van der Waals surface area contributed by atoms with E-state index in [1.165, 1.54) is 19.0 Å². The number of nitrogens with zero attached hydrogens (tertiary/aromatic N) is 2. The zero-order chi connectivity index (χ0) is 13.3. The molecule has 1 aromatic rings. The van der Waals surface area contributed by atoms with Crippen molar-refractivity contribution in [3.8, 4) is 0 Å². The van der Waals surface area contributed by atoms with Gasteiger partial charge >= 0.3 is 5.97 Å². The molecule has 18 heavy (non-hydrogen) atoms. The molecule has 2 rings (SSSR count). The van der Waals surface area contributed by atoms with Crippen LogP contribution in [0.25, 0.3) is 0 Å². The van der Waals surface area contributed by atoms with Crippen molar-refractivity contribution in [3.05, 3.63) is 17.5 Å². The lowest BCUT2D eigenvalue weighted by Gasteiger charge is -2.20. The van der Waals surface area contributed by atoms with Gasteiger partial charge in [-0.2, -0.15) is 5.10 Å². The first-order valence-corrected chi connectivity index (χ1v) is 6.41. The molecular weight excluding hydrogens is 230 g/mol. The molecule has 0 aliphatic heterocycles. The largest absolute Gasteiger partial charge is 0.478 e. The Bertz CT molecular complexity index is 447. The van der Waals surface area contributed by atoms with E-state index in [9.17, 15) is 4.79 Å². The predicted octanol–water partition coefficient (Wildman–Crippen LogP) is 1.64. The lowest BCUT2D eigenvalue weighted by atomic mass is 9.92. The van der Waals surface area contributed by atoms with Gasteiger partial charge in [-0.25, -0.2) is 4.79 Å². The Morgan fingerprint density at radius 2 is 2.28 bits per heavy atom. The lowest BCUT2D eigenvalue weighted by Crippen LogP contribution is -2.28. The van der Waals surface area contributed by atoms with E-state index in [0.29, 0.717) is 23.4 Å².